The first-order valence-corrected chi connectivity index (χ1v) is 3.78. The van der Waals surface area contributed by atoms with Gasteiger partial charge in [0.25, 0.3) is 0 Å². The number of rotatable bonds is 0. The lowest BCUT2D eigenvalue weighted by molar-refractivity contribution is 0.547. The van der Waals surface area contributed by atoms with Crippen LogP contribution in [0.3, 0.4) is 0 Å². The van der Waals surface area contributed by atoms with E-state index in [9.17, 15) is 0 Å². The van der Waals surface area contributed by atoms with Crippen molar-refractivity contribution in [2.75, 3.05) is 0 Å². The maximum atomic E-state index is 2.38. The Labute approximate surface area is 56.3 Å². The molecule has 2 aliphatic carbocycles. The largest absolute Gasteiger partial charge is 0.0879 e. The molecule has 0 saturated heterocycles. The summed E-state index contributed by atoms with van der Waals surface area (Å²) in [4.78, 5) is 0. The highest BCUT2D eigenvalue weighted by Crippen LogP contribution is 2.31. The Bertz CT molecular complexity index is 137. The zero-order valence-electron chi connectivity index (χ0n) is 5.59. The average Bonchev–Trinajstić information content (AvgIpc) is 2.09. The van der Waals surface area contributed by atoms with Crippen molar-refractivity contribution in [1.29, 1.82) is 0 Å². The third-order valence-electron chi connectivity index (χ3n) is 2.31. The molecule has 2 bridgehead atoms. The van der Waals surface area contributed by atoms with Gasteiger partial charge in [-0.3, -0.25) is 0 Å². The van der Waals surface area contributed by atoms with E-state index in [0.717, 1.165) is 11.8 Å². The monoisotopic (exact) mass is 120 g/mol. The fraction of sp³-hybridized carbons (Fsp3) is 0.556. The summed E-state index contributed by atoms with van der Waals surface area (Å²) in [5.41, 5.74) is 0. The molecule has 0 N–H and O–H groups in total. The Kier molecular flexibility index (Phi) is 1.18. The molecule has 2 unspecified atom stereocenters. The minimum absolute atomic E-state index is 0.883. The van der Waals surface area contributed by atoms with Crippen LogP contribution in [0.15, 0.2) is 24.3 Å². The normalized spacial score (nSPS) is 39.1. The molecule has 0 radical (unpaired) electrons. The second kappa shape index (κ2) is 2.02. The molecule has 2 rings (SSSR count). The van der Waals surface area contributed by atoms with Gasteiger partial charge in [0, 0.05) is 0 Å². The molecular formula is C9H12. The summed E-state index contributed by atoms with van der Waals surface area (Å²) in [5, 5.41) is 0. The van der Waals surface area contributed by atoms with Crippen molar-refractivity contribution in [1.82, 2.24) is 0 Å². The Morgan fingerprint density at radius 1 is 0.889 bits per heavy atom. The van der Waals surface area contributed by atoms with Crippen molar-refractivity contribution in [3.8, 4) is 0 Å². The van der Waals surface area contributed by atoms with Gasteiger partial charge >= 0.3 is 0 Å². The van der Waals surface area contributed by atoms with Crippen molar-refractivity contribution in [2.24, 2.45) is 11.8 Å². The molecule has 2 atom stereocenters. The van der Waals surface area contributed by atoms with Gasteiger partial charge in [-0.1, -0.05) is 24.3 Å². The van der Waals surface area contributed by atoms with Crippen LogP contribution in [-0.2, 0) is 0 Å². The average molecular weight is 120 g/mol. The van der Waals surface area contributed by atoms with Crippen LogP contribution in [0.2, 0.25) is 0 Å². The summed E-state index contributed by atoms with van der Waals surface area (Å²) in [5.74, 6) is 1.77. The van der Waals surface area contributed by atoms with E-state index in [1.165, 1.54) is 19.3 Å². The number of hydrogen-bond donors (Lipinski definition) is 0. The summed E-state index contributed by atoms with van der Waals surface area (Å²) in [6, 6.07) is 0. The van der Waals surface area contributed by atoms with Gasteiger partial charge in [0.15, 0.2) is 0 Å². The fourth-order valence-corrected chi connectivity index (χ4v) is 1.75. The summed E-state index contributed by atoms with van der Waals surface area (Å²) in [6.07, 6.45) is 13.4. The van der Waals surface area contributed by atoms with E-state index < -0.39 is 0 Å². The van der Waals surface area contributed by atoms with Crippen LogP contribution >= 0.6 is 0 Å². The minimum atomic E-state index is 0.883. The van der Waals surface area contributed by atoms with Crippen LogP contribution in [-0.4, -0.2) is 0 Å². The molecule has 0 aromatic carbocycles. The van der Waals surface area contributed by atoms with Crippen LogP contribution in [0, 0.1) is 11.8 Å². The third kappa shape index (κ3) is 0.937. The van der Waals surface area contributed by atoms with Gasteiger partial charge in [0.05, 0.1) is 0 Å². The van der Waals surface area contributed by atoms with Crippen molar-refractivity contribution < 1.29 is 0 Å². The molecular weight excluding hydrogens is 108 g/mol. The standard InChI is InChI=1S/C9H12/c1-2-4-9-6-5-8(3-1)7-9/h1-2,5-6,8-9H,3-4,7H2. The SMILES string of the molecule is C1=CCC2C=CC(C1)C2. The van der Waals surface area contributed by atoms with E-state index in [4.69, 9.17) is 0 Å². The highest BCUT2D eigenvalue weighted by molar-refractivity contribution is 5.09. The van der Waals surface area contributed by atoms with Gasteiger partial charge in [0.1, 0.15) is 0 Å². The van der Waals surface area contributed by atoms with Crippen LogP contribution in [0.5, 0.6) is 0 Å². The highest BCUT2D eigenvalue weighted by atomic mass is 14.2. The van der Waals surface area contributed by atoms with Crippen molar-refractivity contribution in [3.63, 3.8) is 0 Å². The number of allylic oxidation sites excluding steroid dienone is 4. The molecule has 0 spiro atoms. The van der Waals surface area contributed by atoms with Gasteiger partial charge < -0.3 is 0 Å². The van der Waals surface area contributed by atoms with Crippen LogP contribution in [0.1, 0.15) is 19.3 Å². The molecule has 0 fully saturated rings. The summed E-state index contributed by atoms with van der Waals surface area (Å²) in [7, 11) is 0. The van der Waals surface area contributed by atoms with Gasteiger partial charge in [-0.05, 0) is 31.1 Å². The van der Waals surface area contributed by atoms with E-state index in [0.29, 0.717) is 0 Å². The molecule has 48 valence electrons. The second-order valence-electron chi connectivity index (χ2n) is 3.08. The molecule has 9 heavy (non-hydrogen) atoms. The molecule has 0 aromatic heterocycles. The van der Waals surface area contributed by atoms with Crippen molar-refractivity contribution in [3.05, 3.63) is 24.3 Å². The predicted molar refractivity (Wildman–Crippen MR) is 39.1 cm³/mol. The van der Waals surface area contributed by atoms with E-state index >= 15 is 0 Å². The molecule has 0 heterocycles. The first-order chi connectivity index (χ1) is 4.45. The first kappa shape index (κ1) is 5.28. The summed E-state index contributed by atoms with van der Waals surface area (Å²) >= 11 is 0. The third-order valence-corrected chi connectivity index (χ3v) is 2.31. The van der Waals surface area contributed by atoms with E-state index in [1.54, 1.807) is 0 Å². The highest BCUT2D eigenvalue weighted by Gasteiger charge is 2.18. The zero-order chi connectivity index (χ0) is 6.10. The van der Waals surface area contributed by atoms with Crippen molar-refractivity contribution >= 4 is 0 Å². The van der Waals surface area contributed by atoms with Crippen LogP contribution < -0.4 is 0 Å². The number of hydrogen-bond acceptors (Lipinski definition) is 0. The second-order valence-corrected chi connectivity index (χ2v) is 3.08. The van der Waals surface area contributed by atoms with Crippen LogP contribution in [0.25, 0.3) is 0 Å². The maximum Gasteiger partial charge on any atom is -0.0193 e. The van der Waals surface area contributed by atoms with Crippen LogP contribution in [0.4, 0.5) is 0 Å². The van der Waals surface area contributed by atoms with Crippen molar-refractivity contribution in [2.45, 2.75) is 19.3 Å². The Morgan fingerprint density at radius 2 is 1.44 bits per heavy atom. The molecule has 0 heteroatoms. The molecule has 0 aromatic rings. The maximum absolute atomic E-state index is 2.38. The topological polar surface area (TPSA) is 0 Å². The molecule has 0 amide bonds. The fourth-order valence-electron chi connectivity index (χ4n) is 1.75. The Morgan fingerprint density at radius 3 is 2.00 bits per heavy atom. The van der Waals surface area contributed by atoms with E-state index in [2.05, 4.69) is 24.3 Å². The summed E-state index contributed by atoms with van der Waals surface area (Å²) in [6.45, 7) is 0. The van der Waals surface area contributed by atoms with E-state index in [1.807, 2.05) is 0 Å². The van der Waals surface area contributed by atoms with Gasteiger partial charge in [0.2, 0.25) is 0 Å². The lowest BCUT2D eigenvalue weighted by atomic mass is 10.0. The minimum Gasteiger partial charge on any atom is -0.0879 e. The quantitative estimate of drug-likeness (QED) is 0.431. The predicted octanol–water partition coefficient (Wildman–Crippen LogP) is 2.53. The van der Waals surface area contributed by atoms with Gasteiger partial charge in [-0.25, -0.2) is 0 Å². The molecule has 2 aliphatic rings. The molecule has 0 aliphatic heterocycles. The van der Waals surface area contributed by atoms with Gasteiger partial charge in [-0.15, -0.1) is 0 Å². The lowest BCUT2D eigenvalue weighted by Gasteiger charge is -2.02. The smallest absolute Gasteiger partial charge is 0.0193 e. The number of fused-ring (bicyclic) bond motifs is 2. The zero-order valence-corrected chi connectivity index (χ0v) is 5.59. The molecule has 0 saturated carbocycles. The first-order valence-electron chi connectivity index (χ1n) is 3.78. The van der Waals surface area contributed by atoms with E-state index in [-0.39, 0.29) is 0 Å². The Hall–Kier alpha value is -0.520. The summed E-state index contributed by atoms with van der Waals surface area (Å²) < 4.78 is 0. The molecule has 0 nitrogen and oxygen atoms in total. The Balaban J connectivity index is 2.16. The van der Waals surface area contributed by atoms with Gasteiger partial charge in [-0.2, -0.15) is 0 Å². The lowest BCUT2D eigenvalue weighted by Crippen LogP contribution is -1.92.